The molecule has 0 radical (unpaired) electrons. The third-order valence-corrected chi connectivity index (χ3v) is 12.7. The molecule has 0 bridgehead atoms. The van der Waals surface area contributed by atoms with Gasteiger partial charge in [0.1, 0.15) is 48.8 Å². The first kappa shape index (κ1) is 51.0. The smallest absolute Gasteiger partial charge is 0.187 e. The van der Waals surface area contributed by atoms with Crippen LogP contribution in [0.1, 0.15) is 38.9 Å². The van der Waals surface area contributed by atoms with Gasteiger partial charge in [0.25, 0.3) is 0 Å². The number of aliphatic hydroxyl groups is 1. The number of benzene rings is 7. The van der Waals surface area contributed by atoms with Crippen molar-refractivity contribution >= 4 is 0 Å². The van der Waals surface area contributed by atoms with Crippen molar-refractivity contribution in [2.45, 2.75) is 108 Å². The largest absolute Gasteiger partial charge is 0.374 e. The van der Waals surface area contributed by atoms with E-state index in [-0.39, 0.29) is 52.9 Å². The number of ether oxygens (including phenoxy) is 10. The Labute approximate surface area is 423 Å². The monoisotopic (exact) mass is 972 g/mol. The SMILES string of the molecule is O[C@H]1O[C@H](CO[C@@H]2O[C@H](COCc3ccccc3)[C@H](OCc3ccccc3)[C@H](OCc3ccccc3)[C@H]2OCc2ccccc2)[C@H](OCc2ccccc2)[C@H](OCc2ccccc2)[C@H]1OCc1ccccc1. The fourth-order valence-electron chi connectivity index (χ4n) is 8.97. The van der Waals surface area contributed by atoms with Crippen molar-refractivity contribution < 1.29 is 52.5 Å². The average molecular weight is 973 g/mol. The molecule has 0 saturated carbocycles. The van der Waals surface area contributed by atoms with Crippen molar-refractivity contribution in [2.75, 3.05) is 13.2 Å². The summed E-state index contributed by atoms with van der Waals surface area (Å²) in [6.07, 6.45) is -8.74. The van der Waals surface area contributed by atoms with E-state index in [0.717, 1.165) is 38.9 Å². The molecule has 9 rings (SSSR count). The number of rotatable bonds is 25. The van der Waals surface area contributed by atoms with Gasteiger partial charge in [-0.3, -0.25) is 0 Å². The fourth-order valence-corrected chi connectivity index (χ4v) is 8.97. The van der Waals surface area contributed by atoms with Crippen molar-refractivity contribution in [3.63, 3.8) is 0 Å². The summed E-state index contributed by atoms with van der Waals surface area (Å²) in [5.41, 5.74) is 6.80. The molecule has 0 amide bonds. The zero-order chi connectivity index (χ0) is 49.0. The minimum atomic E-state index is -1.41. The van der Waals surface area contributed by atoms with Gasteiger partial charge in [-0.05, 0) is 38.9 Å². The summed E-state index contributed by atoms with van der Waals surface area (Å²) < 4.78 is 67.9. The minimum Gasteiger partial charge on any atom is -0.374 e. The predicted molar refractivity (Wildman–Crippen MR) is 272 cm³/mol. The van der Waals surface area contributed by atoms with E-state index in [1.165, 1.54) is 0 Å². The second-order valence-corrected chi connectivity index (χ2v) is 18.0. The predicted octanol–water partition coefficient (Wildman–Crippen LogP) is 10.2. The lowest BCUT2D eigenvalue weighted by Gasteiger charge is -2.47. The Morgan fingerprint density at radius 3 is 0.917 bits per heavy atom. The molecule has 11 heteroatoms. The molecule has 374 valence electrons. The summed E-state index contributed by atoms with van der Waals surface area (Å²) in [6, 6.07) is 69.7. The van der Waals surface area contributed by atoms with Crippen molar-refractivity contribution in [3.05, 3.63) is 251 Å². The highest BCUT2D eigenvalue weighted by Gasteiger charge is 2.52. The van der Waals surface area contributed by atoms with Gasteiger partial charge in [-0.15, -0.1) is 0 Å². The van der Waals surface area contributed by atoms with E-state index in [1.54, 1.807) is 0 Å². The molecule has 0 spiro atoms. The zero-order valence-corrected chi connectivity index (χ0v) is 40.4. The Balaban J connectivity index is 1.04. The van der Waals surface area contributed by atoms with Crippen LogP contribution in [0.2, 0.25) is 0 Å². The molecule has 0 aliphatic carbocycles. The molecule has 0 unspecified atom stereocenters. The van der Waals surface area contributed by atoms with Crippen molar-refractivity contribution in [3.8, 4) is 0 Å². The van der Waals surface area contributed by atoms with E-state index < -0.39 is 61.4 Å². The lowest BCUT2D eigenvalue weighted by molar-refractivity contribution is -0.349. The lowest BCUT2D eigenvalue weighted by atomic mass is 9.97. The van der Waals surface area contributed by atoms with Gasteiger partial charge in [-0.2, -0.15) is 0 Å². The molecule has 2 aliphatic heterocycles. The van der Waals surface area contributed by atoms with E-state index >= 15 is 0 Å². The van der Waals surface area contributed by atoms with Gasteiger partial charge in [0, 0.05) is 0 Å². The molecule has 0 aromatic heterocycles. The van der Waals surface area contributed by atoms with E-state index in [2.05, 4.69) is 0 Å². The topological polar surface area (TPSA) is 113 Å². The lowest BCUT2D eigenvalue weighted by Crippen LogP contribution is -2.63. The second-order valence-electron chi connectivity index (χ2n) is 18.0. The number of aliphatic hydroxyl groups excluding tert-OH is 1. The summed E-state index contributed by atoms with van der Waals surface area (Å²) in [7, 11) is 0. The van der Waals surface area contributed by atoms with E-state index in [9.17, 15) is 5.11 Å². The van der Waals surface area contributed by atoms with Crippen LogP contribution in [0, 0.1) is 0 Å². The third kappa shape index (κ3) is 14.8. The first-order valence-corrected chi connectivity index (χ1v) is 24.8. The summed E-state index contributed by atoms with van der Waals surface area (Å²) in [5.74, 6) is 0. The van der Waals surface area contributed by atoms with Crippen molar-refractivity contribution in [1.82, 2.24) is 0 Å². The summed E-state index contributed by atoms with van der Waals surface area (Å²) in [4.78, 5) is 0. The van der Waals surface area contributed by atoms with Gasteiger partial charge in [0.05, 0.1) is 59.5 Å². The van der Waals surface area contributed by atoms with Gasteiger partial charge in [0.2, 0.25) is 0 Å². The maximum atomic E-state index is 12.0. The summed E-state index contributed by atoms with van der Waals surface area (Å²) in [6.45, 7) is 1.89. The Morgan fingerprint density at radius 2 is 0.556 bits per heavy atom. The Bertz CT molecular complexity index is 2550. The van der Waals surface area contributed by atoms with Gasteiger partial charge in [0.15, 0.2) is 12.6 Å². The highest BCUT2D eigenvalue weighted by molar-refractivity contribution is 5.19. The molecule has 1 N–H and O–H groups in total. The highest BCUT2D eigenvalue weighted by atomic mass is 16.7. The first-order valence-electron chi connectivity index (χ1n) is 24.8. The molecule has 2 fully saturated rings. The van der Waals surface area contributed by atoms with Crippen LogP contribution in [0.5, 0.6) is 0 Å². The molecule has 2 saturated heterocycles. The van der Waals surface area contributed by atoms with Crippen LogP contribution in [0.4, 0.5) is 0 Å². The van der Waals surface area contributed by atoms with E-state index in [1.807, 2.05) is 212 Å². The van der Waals surface area contributed by atoms with Crippen LogP contribution < -0.4 is 0 Å². The summed E-state index contributed by atoms with van der Waals surface area (Å²) in [5, 5.41) is 12.0. The van der Waals surface area contributed by atoms with E-state index in [4.69, 9.17) is 47.4 Å². The minimum absolute atomic E-state index is 0.0957. The quantitative estimate of drug-likeness (QED) is 0.0591. The average Bonchev–Trinajstić information content (AvgIpc) is 3.44. The summed E-state index contributed by atoms with van der Waals surface area (Å²) >= 11 is 0. The van der Waals surface area contributed by atoms with Crippen LogP contribution in [0.15, 0.2) is 212 Å². The molecule has 2 heterocycles. The molecule has 10 atom stereocenters. The van der Waals surface area contributed by atoms with Crippen molar-refractivity contribution in [1.29, 1.82) is 0 Å². The first-order chi connectivity index (χ1) is 35.6. The van der Waals surface area contributed by atoms with Crippen LogP contribution in [0.25, 0.3) is 0 Å². The molecular formula is C61H64O11. The zero-order valence-electron chi connectivity index (χ0n) is 40.4. The van der Waals surface area contributed by atoms with Gasteiger partial charge >= 0.3 is 0 Å². The molecule has 72 heavy (non-hydrogen) atoms. The third-order valence-electron chi connectivity index (χ3n) is 12.7. The standard InChI is InChI=1S/C61H64O11/c62-60-58(68-41-50-32-18-6-19-33-50)56(66-39-48-28-14-4-15-29-48)55(65-38-47-26-12-3-13-27-47)53(71-60)44-70-61-59(69-42-51-34-20-7-21-35-51)57(67-40-49-30-16-5-17-31-49)54(64-37-46-24-10-2-11-25-46)52(72-61)43-63-36-45-22-8-1-9-23-45/h1-35,52-62H,36-44H2/t52-,53-,54+,55+,56+,57+,58-,59-,60+,61-/m1/s1. The van der Waals surface area contributed by atoms with Gasteiger partial charge in [-0.25, -0.2) is 0 Å². The number of hydrogen-bond acceptors (Lipinski definition) is 11. The highest BCUT2D eigenvalue weighted by Crippen LogP contribution is 2.34. The van der Waals surface area contributed by atoms with Crippen LogP contribution in [0.3, 0.4) is 0 Å². The molecule has 11 nitrogen and oxygen atoms in total. The second kappa shape index (κ2) is 27.2. The van der Waals surface area contributed by atoms with Crippen LogP contribution in [-0.2, 0) is 93.6 Å². The Kier molecular flexibility index (Phi) is 19.3. The number of hydrogen-bond donors (Lipinski definition) is 1. The molecule has 7 aromatic carbocycles. The van der Waals surface area contributed by atoms with Gasteiger partial charge in [-0.1, -0.05) is 212 Å². The maximum absolute atomic E-state index is 12.0. The van der Waals surface area contributed by atoms with Crippen LogP contribution in [-0.4, -0.2) is 79.7 Å². The fraction of sp³-hybridized carbons (Fsp3) is 0.311. The molecule has 2 aliphatic rings. The Hall–Kier alpha value is -5.90. The van der Waals surface area contributed by atoms with E-state index in [0.29, 0.717) is 6.61 Å². The van der Waals surface area contributed by atoms with Gasteiger partial charge < -0.3 is 52.5 Å². The maximum Gasteiger partial charge on any atom is 0.187 e. The van der Waals surface area contributed by atoms with Crippen LogP contribution >= 0.6 is 0 Å². The molecular weight excluding hydrogens is 909 g/mol. The van der Waals surface area contributed by atoms with Crippen molar-refractivity contribution in [2.24, 2.45) is 0 Å². The normalized spacial score (nSPS) is 24.2. The Morgan fingerprint density at radius 1 is 0.278 bits per heavy atom. The molecule has 7 aromatic rings.